The first-order valence-electron chi connectivity index (χ1n) is 10.2. The van der Waals surface area contributed by atoms with Gasteiger partial charge in [0, 0.05) is 30.2 Å². The van der Waals surface area contributed by atoms with Crippen molar-refractivity contribution < 1.29 is 13.6 Å². The monoisotopic (exact) mass is 479 g/mol. The molecule has 0 N–H and O–H groups in total. The first-order valence-corrected chi connectivity index (χ1v) is 11.4. The van der Waals surface area contributed by atoms with E-state index in [0.717, 1.165) is 0 Å². The number of carbonyl (C=O) groups excluding carboxylic acids is 1. The van der Waals surface area contributed by atoms with Crippen LogP contribution in [0.1, 0.15) is 34.5 Å². The van der Waals surface area contributed by atoms with Gasteiger partial charge in [-0.25, -0.2) is 13.8 Å². The van der Waals surface area contributed by atoms with E-state index in [1.807, 2.05) is 11.5 Å². The Hall–Kier alpha value is -2.50. The van der Waals surface area contributed by atoms with Gasteiger partial charge in [-0.1, -0.05) is 11.6 Å². The number of aryl methyl sites for hydroxylation is 1. The van der Waals surface area contributed by atoms with E-state index < -0.39 is 12.0 Å². The summed E-state index contributed by atoms with van der Waals surface area (Å²) in [5, 5.41) is 9.93. The number of alkyl halides is 2. The third kappa shape index (κ3) is 4.00. The van der Waals surface area contributed by atoms with Gasteiger partial charge in [-0.05, 0) is 49.1 Å². The molecular weight excluding hydrogens is 460 g/mol. The number of likely N-dealkylation sites (tertiary alicyclic amines) is 1. The molecule has 1 amide bonds. The number of benzene rings is 1. The maximum Gasteiger partial charge on any atom is 0.272 e. The highest BCUT2D eigenvalue weighted by Gasteiger charge is 2.44. The van der Waals surface area contributed by atoms with Gasteiger partial charge < -0.3 is 9.47 Å². The smallest absolute Gasteiger partial charge is 0.272 e. The fourth-order valence-electron chi connectivity index (χ4n) is 4.19. The number of amides is 1. The van der Waals surface area contributed by atoms with Gasteiger partial charge >= 0.3 is 0 Å². The molecule has 12 heteroatoms. The number of fused-ring (bicyclic) bond motifs is 1. The maximum atomic E-state index is 13.3. The fraction of sp³-hybridized carbons (Fsp3) is 0.450. The van der Waals surface area contributed by atoms with Crippen molar-refractivity contribution in [1.82, 2.24) is 33.9 Å². The van der Waals surface area contributed by atoms with Crippen molar-refractivity contribution in [3.63, 3.8) is 0 Å². The summed E-state index contributed by atoms with van der Waals surface area (Å²) in [6, 6.07) is 6.33. The summed E-state index contributed by atoms with van der Waals surface area (Å²) in [5.41, 5.74) is 0.517. The Kier molecular flexibility index (Phi) is 5.42. The zero-order chi connectivity index (χ0) is 22.5. The average Bonchev–Trinajstić information content (AvgIpc) is 3.36. The summed E-state index contributed by atoms with van der Waals surface area (Å²) in [5.74, 6) is -0.872. The van der Waals surface area contributed by atoms with Crippen LogP contribution >= 0.6 is 23.1 Å². The van der Waals surface area contributed by atoms with Crippen LogP contribution < -0.4 is 0 Å². The lowest BCUT2D eigenvalue weighted by Crippen LogP contribution is -2.56. The molecule has 5 rings (SSSR count). The minimum Gasteiger partial charge on any atom is -0.327 e. The van der Waals surface area contributed by atoms with E-state index in [-0.39, 0.29) is 19.0 Å². The molecule has 8 nitrogen and oxygen atoms in total. The summed E-state index contributed by atoms with van der Waals surface area (Å²) in [7, 11) is 0. The second kappa shape index (κ2) is 8.13. The predicted molar refractivity (Wildman–Crippen MR) is 115 cm³/mol. The first-order chi connectivity index (χ1) is 15.3. The van der Waals surface area contributed by atoms with Crippen molar-refractivity contribution >= 4 is 29.0 Å². The molecule has 2 aromatic heterocycles. The number of halogens is 3. The zero-order valence-corrected chi connectivity index (χ0v) is 18.8. The van der Waals surface area contributed by atoms with E-state index in [4.69, 9.17) is 11.6 Å². The van der Waals surface area contributed by atoms with Crippen LogP contribution in [-0.4, -0.2) is 71.9 Å². The molecule has 168 valence electrons. The van der Waals surface area contributed by atoms with Crippen LogP contribution in [0.3, 0.4) is 0 Å². The molecule has 1 aromatic carbocycles. The number of nitrogens with zero attached hydrogens (tertiary/aromatic N) is 7. The Bertz CT molecular complexity index is 1140. The molecule has 1 fully saturated rings. The van der Waals surface area contributed by atoms with E-state index >= 15 is 0 Å². The molecule has 0 aliphatic carbocycles. The Morgan fingerprint density at radius 3 is 2.62 bits per heavy atom. The van der Waals surface area contributed by atoms with Crippen molar-refractivity contribution in [2.75, 3.05) is 26.2 Å². The van der Waals surface area contributed by atoms with Gasteiger partial charge in [0.15, 0.2) is 16.7 Å². The Morgan fingerprint density at radius 1 is 1.22 bits per heavy atom. The summed E-state index contributed by atoms with van der Waals surface area (Å²) in [6.07, 6.45) is 0.475. The molecule has 1 atom stereocenters. The summed E-state index contributed by atoms with van der Waals surface area (Å²) in [6.45, 7) is 2.68. The van der Waals surface area contributed by atoms with Crippen LogP contribution in [0.2, 0.25) is 5.02 Å². The topological polar surface area (TPSA) is 80.0 Å². The number of hydrogen-bond donors (Lipinski definition) is 0. The van der Waals surface area contributed by atoms with E-state index in [1.165, 1.54) is 11.5 Å². The quantitative estimate of drug-likeness (QED) is 0.558. The molecule has 3 aromatic rings. The van der Waals surface area contributed by atoms with Crippen LogP contribution in [0, 0.1) is 6.92 Å². The summed E-state index contributed by atoms with van der Waals surface area (Å²) < 4.78 is 32.8. The minimum absolute atomic E-state index is 0.150. The Morgan fingerprint density at radius 2 is 1.97 bits per heavy atom. The van der Waals surface area contributed by atoms with Gasteiger partial charge in [-0.2, -0.15) is 4.37 Å². The lowest BCUT2D eigenvalue weighted by atomic mass is 10.0. The lowest BCUT2D eigenvalue weighted by Gasteiger charge is -2.41. The number of carbonyl (C=O) groups is 1. The van der Waals surface area contributed by atoms with Gasteiger partial charge in [0.1, 0.15) is 5.82 Å². The second-order valence-corrected chi connectivity index (χ2v) is 9.24. The molecule has 32 heavy (non-hydrogen) atoms. The third-order valence-electron chi connectivity index (χ3n) is 5.72. The number of hydrogen-bond acceptors (Lipinski definition) is 7. The van der Waals surface area contributed by atoms with Crippen LogP contribution in [0.5, 0.6) is 0 Å². The molecular formula is C20H20ClF2N7OS. The van der Waals surface area contributed by atoms with Gasteiger partial charge in [0.05, 0.1) is 19.1 Å². The molecule has 0 saturated carbocycles. The molecule has 0 spiro atoms. The van der Waals surface area contributed by atoms with Crippen LogP contribution in [-0.2, 0) is 6.54 Å². The van der Waals surface area contributed by atoms with E-state index in [0.29, 0.717) is 59.1 Å². The molecule has 0 radical (unpaired) electrons. The minimum atomic E-state index is -2.63. The first kappa shape index (κ1) is 21.4. The van der Waals surface area contributed by atoms with Gasteiger partial charge in [-0.3, -0.25) is 9.69 Å². The van der Waals surface area contributed by atoms with E-state index in [9.17, 15) is 13.6 Å². The van der Waals surface area contributed by atoms with Crippen molar-refractivity contribution in [1.29, 1.82) is 0 Å². The highest BCUT2D eigenvalue weighted by atomic mass is 35.5. The molecule has 1 saturated heterocycles. The second-order valence-electron chi connectivity index (χ2n) is 8.06. The summed E-state index contributed by atoms with van der Waals surface area (Å²) >= 11 is 7.22. The molecule has 2 aliphatic heterocycles. The maximum absolute atomic E-state index is 13.3. The van der Waals surface area contributed by atoms with Crippen molar-refractivity contribution in [3.05, 3.63) is 46.5 Å². The van der Waals surface area contributed by atoms with E-state index in [1.54, 1.807) is 34.1 Å². The number of aromatic nitrogens is 5. The lowest BCUT2D eigenvalue weighted by molar-refractivity contribution is -0.131. The molecule has 2 aliphatic rings. The van der Waals surface area contributed by atoms with Crippen LogP contribution in [0.15, 0.2) is 24.3 Å². The zero-order valence-electron chi connectivity index (χ0n) is 17.2. The molecule has 4 heterocycles. The molecule has 0 bridgehead atoms. The SMILES string of the molecule is Cc1nsc(-c2nnc3n2CCN(C(=O)c2ccc(Cl)cc2)C3CCN2CC(F)(F)C2)n1. The largest absolute Gasteiger partial charge is 0.327 e. The fourth-order valence-corrected chi connectivity index (χ4v) is 4.98. The molecule has 1 unspecified atom stereocenters. The van der Waals surface area contributed by atoms with E-state index in [2.05, 4.69) is 19.6 Å². The van der Waals surface area contributed by atoms with Crippen molar-refractivity contribution in [3.8, 4) is 10.8 Å². The van der Waals surface area contributed by atoms with Gasteiger partial charge in [-0.15, -0.1) is 10.2 Å². The highest BCUT2D eigenvalue weighted by Crippen LogP contribution is 2.34. The third-order valence-corrected chi connectivity index (χ3v) is 6.77. The van der Waals surface area contributed by atoms with Gasteiger partial charge in [0.25, 0.3) is 11.8 Å². The van der Waals surface area contributed by atoms with Crippen LogP contribution in [0.25, 0.3) is 10.8 Å². The Balaban J connectivity index is 1.44. The van der Waals surface area contributed by atoms with Crippen molar-refractivity contribution in [2.24, 2.45) is 0 Å². The average molecular weight is 480 g/mol. The van der Waals surface area contributed by atoms with Gasteiger partial charge in [0.2, 0.25) is 0 Å². The normalized spacial score (nSPS) is 20.1. The number of rotatable bonds is 5. The Labute approximate surface area is 192 Å². The van der Waals surface area contributed by atoms with Crippen LogP contribution in [0.4, 0.5) is 8.78 Å². The predicted octanol–water partition coefficient (Wildman–Crippen LogP) is 3.30. The summed E-state index contributed by atoms with van der Waals surface area (Å²) in [4.78, 5) is 21.2. The standard InChI is InChI=1S/C20H20ClF2N7OS/c1-12-24-18(32-27-12)17-26-25-16-15(6-7-28-10-20(22,23)11-28)29(8-9-30(16)17)19(31)13-2-4-14(21)5-3-13/h2-5,15H,6-11H2,1H3. The highest BCUT2D eigenvalue weighted by molar-refractivity contribution is 7.09. The van der Waals surface area contributed by atoms with Crippen molar-refractivity contribution in [2.45, 2.75) is 31.9 Å².